The van der Waals surface area contributed by atoms with Gasteiger partial charge in [0.15, 0.2) is 0 Å². The number of para-hydroxylation sites is 1. The van der Waals surface area contributed by atoms with Gasteiger partial charge in [-0.2, -0.15) is 0 Å². The molecule has 1 heterocycles. The molecular weight excluding hydrogens is 254 g/mol. The molecule has 5 rings (SSSR count). The zero-order valence-electron chi connectivity index (χ0n) is 10.9. The number of carboxylic acids is 1. The number of nitrogens with zero attached hydrogens (tertiary/aromatic N) is 3. The van der Waals surface area contributed by atoms with Crippen molar-refractivity contribution in [2.75, 3.05) is 0 Å². The zero-order valence-corrected chi connectivity index (χ0v) is 10.9. The Labute approximate surface area is 115 Å². The third kappa shape index (κ3) is 1.16. The van der Waals surface area contributed by atoms with E-state index in [1.807, 2.05) is 10.7 Å². The molecule has 0 radical (unpaired) electrons. The first-order chi connectivity index (χ1) is 9.75. The molecule has 4 unspecified atom stereocenters. The molecule has 1 aromatic heterocycles. The van der Waals surface area contributed by atoms with Crippen LogP contribution in [0.25, 0.3) is 11.0 Å². The van der Waals surface area contributed by atoms with E-state index in [9.17, 15) is 9.90 Å². The van der Waals surface area contributed by atoms with Crippen LogP contribution in [0.2, 0.25) is 0 Å². The lowest BCUT2D eigenvalue weighted by Gasteiger charge is -2.10. The summed E-state index contributed by atoms with van der Waals surface area (Å²) in [6.07, 6.45) is 4.08. The fourth-order valence-corrected chi connectivity index (χ4v) is 4.98. The Morgan fingerprint density at radius 3 is 2.70 bits per heavy atom. The van der Waals surface area contributed by atoms with Gasteiger partial charge >= 0.3 is 5.97 Å². The van der Waals surface area contributed by atoms with Gasteiger partial charge in [0.25, 0.3) is 0 Å². The third-order valence-electron chi connectivity index (χ3n) is 5.70. The Kier molecular flexibility index (Phi) is 1.84. The summed E-state index contributed by atoms with van der Waals surface area (Å²) < 4.78 is 1.92. The summed E-state index contributed by atoms with van der Waals surface area (Å²) in [6.45, 7) is 0. The molecule has 1 aromatic carbocycles. The van der Waals surface area contributed by atoms with Gasteiger partial charge in [-0.3, -0.25) is 0 Å². The minimum atomic E-state index is -0.895. The summed E-state index contributed by atoms with van der Waals surface area (Å²) >= 11 is 0. The van der Waals surface area contributed by atoms with Crippen LogP contribution in [-0.4, -0.2) is 26.1 Å². The van der Waals surface area contributed by atoms with Gasteiger partial charge in [0.2, 0.25) is 0 Å². The second kappa shape index (κ2) is 3.40. The molecule has 2 bridgehead atoms. The van der Waals surface area contributed by atoms with Crippen LogP contribution < -0.4 is 0 Å². The molecule has 1 N–H and O–H groups in total. The highest BCUT2D eigenvalue weighted by molar-refractivity contribution is 6.00. The van der Waals surface area contributed by atoms with E-state index in [0.29, 0.717) is 22.6 Å². The van der Waals surface area contributed by atoms with Crippen LogP contribution in [0.4, 0.5) is 0 Å². The fourth-order valence-electron chi connectivity index (χ4n) is 4.98. The zero-order chi connectivity index (χ0) is 13.4. The van der Waals surface area contributed by atoms with E-state index in [0.717, 1.165) is 23.7 Å². The number of aromatic carboxylic acids is 1. The first-order valence-electron chi connectivity index (χ1n) is 7.33. The van der Waals surface area contributed by atoms with Gasteiger partial charge in [-0.15, -0.1) is 5.10 Å². The van der Waals surface area contributed by atoms with Gasteiger partial charge in [-0.05, 0) is 55.1 Å². The molecule has 0 amide bonds. The molecule has 4 atom stereocenters. The van der Waals surface area contributed by atoms with Crippen molar-refractivity contribution in [1.82, 2.24) is 15.0 Å². The quantitative estimate of drug-likeness (QED) is 0.908. The predicted molar refractivity (Wildman–Crippen MR) is 71.3 cm³/mol. The highest BCUT2D eigenvalue weighted by Gasteiger charge is 2.66. The van der Waals surface area contributed by atoms with Crippen molar-refractivity contribution in [3.05, 3.63) is 23.8 Å². The first-order valence-corrected chi connectivity index (χ1v) is 7.33. The third-order valence-corrected chi connectivity index (χ3v) is 5.70. The monoisotopic (exact) mass is 269 g/mol. The molecule has 3 saturated carbocycles. The lowest BCUT2D eigenvalue weighted by atomic mass is 10.0. The lowest BCUT2D eigenvalue weighted by Crippen LogP contribution is -2.09. The fraction of sp³-hybridized carbons (Fsp3) is 0.533. The largest absolute Gasteiger partial charge is 0.478 e. The summed E-state index contributed by atoms with van der Waals surface area (Å²) in [6, 6.07) is 5.63. The number of aromatic nitrogens is 3. The summed E-state index contributed by atoms with van der Waals surface area (Å²) in [5.41, 5.74) is 1.73. The van der Waals surface area contributed by atoms with Gasteiger partial charge in [0.05, 0.1) is 11.6 Å². The standard InChI is InChI=1S/C15H15N3O2/c19-15(20)9-2-1-3-10-13(9)18(17-16-10)14-11-7-4-5-8(6-7)12(11)14/h1-3,7-8,11-12,14H,4-6H2,(H,19,20). The van der Waals surface area contributed by atoms with Crippen LogP contribution in [0, 0.1) is 23.7 Å². The van der Waals surface area contributed by atoms with Crippen LogP contribution in [0.3, 0.4) is 0 Å². The minimum Gasteiger partial charge on any atom is -0.478 e. The highest BCUT2D eigenvalue weighted by Crippen LogP contribution is 2.71. The van der Waals surface area contributed by atoms with Crippen LogP contribution in [0.5, 0.6) is 0 Å². The van der Waals surface area contributed by atoms with Gasteiger partial charge < -0.3 is 5.11 Å². The molecule has 20 heavy (non-hydrogen) atoms. The number of carbonyl (C=O) groups is 1. The van der Waals surface area contributed by atoms with Crippen LogP contribution in [-0.2, 0) is 0 Å². The number of rotatable bonds is 2. The number of hydrogen-bond donors (Lipinski definition) is 1. The van der Waals surface area contributed by atoms with E-state index in [-0.39, 0.29) is 0 Å². The van der Waals surface area contributed by atoms with Crippen molar-refractivity contribution in [1.29, 1.82) is 0 Å². The van der Waals surface area contributed by atoms with Crippen molar-refractivity contribution in [2.24, 2.45) is 23.7 Å². The molecule has 5 heteroatoms. The number of benzene rings is 1. The summed E-state index contributed by atoms with van der Waals surface area (Å²) in [7, 11) is 0. The molecule has 0 aliphatic heterocycles. The summed E-state index contributed by atoms with van der Waals surface area (Å²) in [4.78, 5) is 11.4. The molecule has 0 saturated heterocycles. The molecule has 102 valence electrons. The Hall–Kier alpha value is -1.91. The van der Waals surface area contributed by atoms with Gasteiger partial charge in [0.1, 0.15) is 11.0 Å². The Morgan fingerprint density at radius 2 is 2.00 bits per heavy atom. The van der Waals surface area contributed by atoms with E-state index < -0.39 is 5.97 Å². The summed E-state index contributed by atoms with van der Waals surface area (Å²) in [5, 5.41) is 17.8. The van der Waals surface area contributed by atoms with Gasteiger partial charge in [0, 0.05) is 0 Å². The van der Waals surface area contributed by atoms with Crippen molar-refractivity contribution in [2.45, 2.75) is 25.3 Å². The number of carboxylic acid groups (broad SMARTS) is 1. The maximum atomic E-state index is 11.4. The molecular formula is C15H15N3O2. The molecule has 5 nitrogen and oxygen atoms in total. The van der Waals surface area contributed by atoms with Crippen molar-refractivity contribution in [3.8, 4) is 0 Å². The molecule has 3 aliphatic carbocycles. The molecule has 0 spiro atoms. The van der Waals surface area contributed by atoms with Gasteiger partial charge in [-0.1, -0.05) is 11.3 Å². The average Bonchev–Trinajstić information content (AvgIpc) is 2.85. The molecule has 3 fully saturated rings. The lowest BCUT2D eigenvalue weighted by molar-refractivity contribution is 0.0698. The van der Waals surface area contributed by atoms with Crippen LogP contribution in [0.1, 0.15) is 35.7 Å². The van der Waals surface area contributed by atoms with E-state index in [1.165, 1.54) is 19.3 Å². The topological polar surface area (TPSA) is 68.0 Å². The Bertz CT molecular complexity index is 722. The number of hydrogen-bond acceptors (Lipinski definition) is 3. The van der Waals surface area contributed by atoms with Crippen LogP contribution >= 0.6 is 0 Å². The van der Waals surface area contributed by atoms with Gasteiger partial charge in [-0.25, -0.2) is 9.48 Å². The molecule has 2 aromatic rings. The second-order valence-electron chi connectivity index (χ2n) is 6.49. The Morgan fingerprint density at radius 1 is 1.25 bits per heavy atom. The Balaban J connectivity index is 1.66. The second-order valence-corrected chi connectivity index (χ2v) is 6.49. The number of fused-ring (bicyclic) bond motifs is 6. The van der Waals surface area contributed by atoms with Crippen molar-refractivity contribution < 1.29 is 9.90 Å². The summed E-state index contributed by atoms with van der Waals surface area (Å²) in [5.74, 6) is 2.23. The van der Waals surface area contributed by atoms with E-state index >= 15 is 0 Å². The maximum absolute atomic E-state index is 11.4. The first kappa shape index (κ1) is 10.8. The van der Waals surface area contributed by atoms with E-state index in [4.69, 9.17) is 0 Å². The van der Waals surface area contributed by atoms with E-state index in [2.05, 4.69) is 10.3 Å². The minimum absolute atomic E-state index is 0.324. The van der Waals surface area contributed by atoms with Crippen molar-refractivity contribution in [3.63, 3.8) is 0 Å². The van der Waals surface area contributed by atoms with Crippen LogP contribution in [0.15, 0.2) is 18.2 Å². The smallest absolute Gasteiger partial charge is 0.337 e. The molecule has 3 aliphatic rings. The normalized spacial score (nSPS) is 37.3. The van der Waals surface area contributed by atoms with Crippen molar-refractivity contribution >= 4 is 17.0 Å². The van der Waals surface area contributed by atoms with E-state index in [1.54, 1.807) is 12.1 Å². The SMILES string of the molecule is O=C(O)c1cccc2nnn(C3C4C5CCC(C5)C43)c12. The average molecular weight is 269 g/mol. The predicted octanol–water partition coefficient (Wildman–Crippen LogP) is 2.35. The maximum Gasteiger partial charge on any atom is 0.337 e. The highest BCUT2D eigenvalue weighted by atomic mass is 16.4.